The number of halogens is 2. The van der Waals surface area contributed by atoms with Crippen LogP contribution in [0.25, 0.3) is 0 Å². The van der Waals surface area contributed by atoms with Crippen LogP contribution in [0.15, 0.2) is 12.1 Å². The number of hydrogen-bond acceptors (Lipinski definition) is 2. The van der Waals surface area contributed by atoms with Gasteiger partial charge in [-0.1, -0.05) is 32.4 Å². The molecule has 1 aromatic rings. The van der Waals surface area contributed by atoms with Gasteiger partial charge in [0.15, 0.2) is 6.29 Å². The van der Waals surface area contributed by atoms with E-state index in [1.165, 1.54) is 0 Å². The molecular formula is C8H7Cl2O2P. The van der Waals surface area contributed by atoms with E-state index in [9.17, 15) is 4.79 Å². The van der Waals surface area contributed by atoms with E-state index in [0.717, 1.165) is 0 Å². The minimum atomic E-state index is 0.291. The Balaban J connectivity index is 3.12. The summed E-state index contributed by atoms with van der Waals surface area (Å²) in [6.45, 7) is 0. The number of aldehydes is 1. The van der Waals surface area contributed by atoms with Gasteiger partial charge in [-0.2, -0.15) is 0 Å². The lowest BCUT2D eigenvalue weighted by Gasteiger charge is -2.05. The average Bonchev–Trinajstić information content (AvgIpc) is 2.04. The first kappa shape index (κ1) is 10.8. The fourth-order valence-electron chi connectivity index (χ4n) is 0.853. The summed E-state index contributed by atoms with van der Waals surface area (Å²) in [5.41, 5.74) is 0.291. The number of rotatable bonds is 3. The van der Waals surface area contributed by atoms with Gasteiger partial charge in [0.25, 0.3) is 0 Å². The third kappa shape index (κ3) is 2.57. The SMILES string of the molecule is O=Cc1c(Cl)cc(OCP)cc1Cl. The van der Waals surface area contributed by atoms with Gasteiger partial charge >= 0.3 is 0 Å². The molecule has 1 rings (SSSR count). The molecule has 0 bridgehead atoms. The molecule has 2 nitrogen and oxygen atoms in total. The highest BCUT2D eigenvalue weighted by atomic mass is 35.5. The molecule has 0 fully saturated rings. The summed E-state index contributed by atoms with van der Waals surface area (Å²) in [6, 6.07) is 3.11. The highest BCUT2D eigenvalue weighted by molar-refractivity contribution is 7.16. The van der Waals surface area contributed by atoms with Crippen molar-refractivity contribution in [2.75, 3.05) is 6.35 Å². The second-order valence-electron chi connectivity index (χ2n) is 2.23. The van der Waals surface area contributed by atoms with Crippen LogP contribution < -0.4 is 4.74 Å². The van der Waals surface area contributed by atoms with Crippen LogP contribution in [0.2, 0.25) is 10.0 Å². The summed E-state index contributed by atoms with van der Waals surface area (Å²) < 4.78 is 5.15. The molecule has 0 heterocycles. The summed E-state index contributed by atoms with van der Waals surface area (Å²) in [6.07, 6.45) is 1.07. The first-order chi connectivity index (χ1) is 6.19. The lowest BCUT2D eigenvalue weighted by atomic mass is 10.2. The largest absolute Gasteiger partial charge is 0.490 e. The quantitative estimate of drug-likeness (QED) is 0.596. The summed E-state index contributed by atoms with van der Waals surface area (Å²) in [4.78, 5) is 10.5. The van der Waals surface area contributed by atoms with Crippen molar-refractivity contribution >= 4 is 38.7 Å². The molecule has 0 amide bonds. The molecule has 0 aliphatic carbocycles. The van der Waals surface area contributed by atoms with E-state index in [4.69, 9.17) is 27.9 Å². The Morgan fingerprint density at radius 2 is 1.92 bits per heavy atom. The van der Waals surface area contributed by atoms with Crippen molar-refractivity contribution in [1.82, 2.24) is 0 Å². The summed E-state index contributed by atoms with van der Waals surface area (Å²) >= 11 is 11.5. The van der Waals surface area contributed by atoms with Crippen molar-refractivity contribution in [3.8, 4) is 5.75 Å². The molecule has 0 N–H and O–H groups in total. The topological polar surface area (TPSA) is 26.3 Å². The van der Waals surface area contributed by atoms with Crippen molar-refractivity contribution in [3.05, 3.63) is 27.7 Å². The molecule has 0 aliphatic rings. The molecule has 5 heteroatoms. The predicted molar refractivity (Wildman–Crippen MR) is 57.1 cm³/mol. The van der Waals surface area contributed by atoms with Crippen molar-refractivity contribution in [3.63, 3.8) is 0 Å². The van der Waals surface area contributed by atoms with E-state index >= 15 is 0 Å². The van der Waals surface area contributed by atoms with Crippen molar-refractivity contribution < 1.29 is 9.53 Å². The molecule has 0 spiro atoms. The van der Waals surface area contributed by atoms with Crippen LogP contribution in [0.1, 0.15) is 10.4 Å². The van der Waals surface area contributed by atoms with Gasteiger partial charge in [-0.05, 0) is 12.1 Å². The number of hydrogen-bond donors (Lipinski definition) is 0. The van der Waals surface area contributed by atoms with E-state index in [2.05, 4.69) is 9.24 Å². The number of carbonyl (C=O) groups is 1. The molecular weight excluding hydrogens is 230 g/mol. The monoisotopic (exact) mass is 236 g/mol. The molecule has 13 heavy (non-hydrogen) atoms. The van der Waals surface area contributed by atoms with E-state index in [1.54, 1.807) is 12.1 Å². The standard InChI is InChI=1S/C8H7Cl2O2P/c9-7-1-5(12-4-13)2-8(10)6(7)3-11/h1-3H,4,13H2. The molecule has 1 atom stereocenters. The van der Waals surface area contributed by atoms with E-state index in [0.29, 0.717) is 34.0 Å². The number of ether oxygens (including phenoxy) is 1. The van der Waals surface area contributed by atoms with E-state index < -0.39 is 0 Å². The molecule has 0 aliphatic heterocycles. The maximum Gasteiger partial charge on any atom is 0.153 e. The Bertz CT molecular complexity index is 305. The first-order valence-electron chi connectivity index (χ1n) is 3.46. The molecule has 0 aromatic heterocycles. The van der Waals surface area contributed by atoms with Gasteiger partial charge in [-0.15, -0.1) is 0 Å². The second-order valence-corrected chi connectivity index (χ2v) is 3.38. The Morgan fingerprint density at radius 3 is 2.31 bits per heavy atom. The van der Waals surface area contributed by atoms with Gasteiger partial charge in [-0.3, -0.25) is 4.79 Å². The minimum Gasteiger partial charge on any atom is -0.490 e. The molecule has 0 radical (unpaired) electrons. The zero-order chi connectivity index (χ0) is 9.84. The van der Waals surface area contributed by atoms with Crippen LogP contribution in [0, 0.1) is 0 Å². The van der Waals surface area contributed by atoms with Crippen molar-refractivity contribution in [1.29, 1.82) is 0 Å². The van der Waals surface area contributed by atoms with Crippen LogP contribution in [0.3, 0.4) is 0 Å². The maximum absolute atomic E-state index is 10.5. The zero-order valence-electron chi connectivity index (χ0n) is 6.59. The normalized spacial score (nSPS) is 9.77. The third-order valence-electron chi connectivity index (χ3n) is 1.42. The Labute approximate surface area is 88.4 Å². The second kappa shape index (κ2) is 4.80. The lowest BCUT2D eigenvalue weighted by molar-refractivity contribution is 0.112. The fourth-order valence-corrected chi connectivity index (χ4v) is 1.60. The van der Waals surface area contributed by atoms with Crippen LogP contribution >= 0.6 is 32.4 Å². The molecule has 0 saturated carbocycles. The van der Waals surface area contributed by atoms with E-state index in [1.807, 2.05) is 0 Å². The predicted octanol–water partition coefficient (Wildman–Crippen LogP) is 3.02. The number of carbonyl (C=O) groups excluding carboxylic acids is 1. The van der Waals surface area contributed by atoms with Crippen LogP contribution in [0.4, 0.5) is 0 Å². The molecule has 70 valence electrons. The molecule has 0 saturated heterocycles. The highest BCUT2D eigenvalue weighted by Gasteiger charge is 2.07. The smallest absolute Gasteiger partial charge is 0.153 e. The minimum absolute atomic E-state index is 0.291. The van der Waals surface area contributed by atoms with Gasteiger partial charge in [-0.25, -0.2) is 0 Å². The van der Waals surface area contributed by atoms with Gasteiger partial charge in [0.2, 0.25) is 0 Å². The van der Waals surface area contributed by atoms with Gasteiger partial charge in [0.1, 0.15) is 12.1 Å². The average molecular weight is 237 g/mol. The van der Waals surface area contributed by atoms with Gasteiger partial charge in [0, 0.05) is 0 Å². The Kier molecular flexibility index (Phi) is 3.98. The molecule has 1 unspecified atom stereocenters. The summed E-state index contributed by atoms with van der Waals surface area (Å²) in [5.74, 6) is 0.551. The van der Waals surface area contributed by atoms with E-state index in [-0.39, 0.29) is 0 Å². The number of benzene rings is 1. The summed E-state index contributed by atoms with van der Waals surface area (Å²) in [5, 5.41) is 0.604. The van der Waals surface area contributed by atoms with Crippen molar-refractivity contribution in [2.24, 2.45) is 0 Å². The molecule has 1 aromatic carbocycles. The lowest BCUT2D eigenvalue weighted by Crippen LogP contribution is -1.91. The van der Waals surface area contributed by atoms with Gasteiger partial charge in [0.05, 0.1) is 15.6 Å². The third-order valence-corrected chi connectivity index (χ3v) is 2.21. The van der Waals surface area contributed by atoms with Crippen LogP contribution in [0.5, 0.6) is 5.75 Å². The zero-order valence-corrected chi connectivity index (χ0v) is 9.26. The first-order valence-corrected chi connectivity index (χ1v) is 5.03. The van der Waals surface area contributed by atoms with Crippen molar-refractivity contribution in [2.45, 2.75) is 0 Å². The highest BCUT2D eigenvalue weighted by Crippen LogP contribution is 2.29. The maximum atomic E-state index is 10.5. The Morgan fingerprint density at radius 1 is 1.38 bits per heavy atom. The van der Waals surface area contributed by atoms with Crippen LogP contribution in [-0.4, -0.2) is 12.6 Å². The van der Waals surface area contributed by atoms with Gasteiger partial charge < -0.3 is 4.74 Å². The fraction of sp³-hybridized carbons (Fsp3) is 0.125. The summed E-state index contributed by atoms with van der Waals surface area (Å²) in [7, 11) is 2.41. The Hall–Kier alpha value is -0.300. The van der Waals surface area contributed by atoms with Crippen LogP contribution in [-0.2, 0) is 0 Å².